The summed E-state index contributed by atoms with van der Waals surface area (Å²) in [5, 5.41) is 10.1. The molecular weight excluding hydrogens is 328 g/mol. The van der Waals surface area contributed by atoms with Crippen LogP contribution in [0.4, 0.5) is 0 Å². The Balaban J connectivity index is 1.40. The zero-order valence-electron chi connectivity index (χ0n) is 17.7. The molecule has 0 saturated heterocycles. The summed E-state index contributed by atoms with van der Waals surface area (Å²) in [4.78, 5) is 0. The van der Waals surface area contributed by atoms with E-state index >= 15 is 0 Å². The zero-order valence-corrected chi connectivity index (χ0v) is 17.7. The maximum absolute atomic E-state index is 10.1. The maximum atomic E-state index is 10.1. The fourth-order valence-electron chi connectivity index (χ4n) is 7.11. The van der Waals surface area contributed by atoms with E-state index in [-0.39, 0.29) is 6.10 Å². The quantitative estimate of drug-likeness (QED) is 0.519. The summed E-state index contributed by atoms with van der Waals surface area (Å²) in [5.41, 5.74) is 4.88. The Hall–Kier alpha value is -0.820. The van der Waals surface area contributed by atoms with Gasteiger partial charge < -0.3 is 5.11 Å². The van der Waals surface area contributed by atoms with Gasteiger partial charge in [-0.15, -0.1) is 0 Å². The number of aliphatic hydroxyl groups is 1. The Bertz CT molecular complexity index is 624. The fraction of sp³-hybridized carbons (Fsp3) is 0.769. The molecule has 4 rings (SSSR count). The first-order valence-corrected chi connectivity index (χ1v) is 11.7. The average molecular weight is 369 g/mol. The number of allylic oxidation sites excluding steroid dienone is 3. The van der Waals surface area contributed by atoms with Crippen molar-refractivity contribution in [3.8, 4) is 0 Å². The molecule has 0 aliphatic heterocycles. The fourth-order valence-corrected chi connectivity index (χ4v) is 7.11. The Kier molecular flexibility index (Phi) is 5.70. The van der Waals surface area contributed by atoms with Gasteiger partial charge in [0.25, 0.3) is 0 Å². The van der Waals surface area contributed by atoms with Crippen LogP contribution < -0.4 is 0 Å². The highest BCUT2D eigenvalue weighted by Crippen LogP contribution is 2.70. The van der Waals surface area contributed by atoms with Gasteiger partial charge in [-0.2, -0.15) is 0 Å². The third-order valence-corrected chi connectivity index (χ3v) is 8.55. The molecule has 4 aliphatic carbocycles. The normalized spacial score (nSPS) is 41.7. The van der Waals surface area contributed by atoms with Crippen molar-refractivity contribution in [2.45, 2.75) is 97.0 Å². The molecule has 5 unspecified atom stereocenters. The van der Waals surface area contributed by atoms with E-state index in [1.807, 2.05) is 0 Å². The van der Waals surface area contributed by atoms with Crippen LogP contribution in [0.3, 0.4) is 0 Å². The predicted molar refractivity (Wildman–Crippen MR) is 114 cm³/mol. The van der Waals surface area contributed by atoms with Crippen LogP contribution in [0.1, 0.15) is 90.9 Å². The SMILES string of the molecule is C=C1CC/C(=C/C=C2\CCCC34CC(CCCC(C)C)C3CCC24)CC1O. The van der Waals surface area contributed by atoms with Crippen LogP contribution in [0, 0.1) is 29.1 Å². The Morgan fingerprint density at radius 1 is 1.19 bits per heavy atom. The number of hydrogen-bond acceptors (Lipinski definition) is 1. The highest BCUT2D eigenvalue weighted by atomic mass is 16.3. The van der Waals surface area contributed by atoms with Gasteiger partial charge in [0.05, 0.1) is 6.10 Å². The van der Waals surface area contributed by atoms with Crippen LogP contribution in [0.2, 0.25) is 0 Å². The lowest BCUT2D eigenvalue weighted by atomic mass is 9.47. The molecule has 5 atom stereocenters. The van der Waals surface area contributed by atoms with E-state index in [9.17, 15) is 5.11 Å². The molecule has 1 heteroatoms. The van der Waals surface area contributed by atoms with Crippen LogP contribution in [0.5, 0.6) is 0 Å². The lowest BCUT2D eigenvalue weighted by Gasteiger charge is -2.57. The van der Waals surface area contributed by atoms with Crippen LogP contribution in [0.15, 0.2) is 35.5 Å². The molecule has 4 saturated carbocycles. The van der Waals surface area contributed by atoms with Crippen LogP contribution >= 0.6 is 0 Å². The Morgan fingerprint density at radius 2 is 2.04 bits per heavy atom. The lowest BCUT2D eigenvalue weighted by molar-refractivity contribution is -0.0615. The van der Waals surface area contributed by atoms with E-state index in [1.54, 1.807) is 5.57 Å². The molecule has 0 aromatic carbocycles. The van der Waals surface area contributed by atoms with E-state index in [2.05, 4.69) is 32.6 Å². The molecule has 27 heavy (non-hydrogen) atoms. The lowest BCUT2D eigenvalue weighted by Crippen LogP contribution is -2.49. The summed E-state index contributed by atoms with van der Waals surface area (Å²) < 4.78 is 0. The first kappa shape index (κ1) is 19.5. The molecule has 0 bridgehead atoms. The standard InChI is InChI=1S/C26H40O/c1-18(2)6-4-7-22-17-26-15-5-8-21(23(26)13-14-24(22)26)12-11-20-10-9-19(3)25(27)16-20/h11-12,18,22-25,27H,3-10,13-17H2,1-2H3/b20-11-,21-12+. The van der Waals surface area contributed by atoms with Gasteiger partial charge in [-0.25, -0.2) is 0 Å². The summed E-state index contributed by atoms with van der Waals surface area (Å²) in [5.74, 6) is 3.80. The minimum atomic E-state index is -0.310. The van der Waals surface area contributed by atoms with Crippen molar-refractivity contribution in [1.82, 2.24) is 0 Å². The number of aliphatic hydroxyl groups excluding tert-OH is 1. The number of hydrogen-bond donors (Lipinski definition) is 1. The zero-order chi connectivity index (χ0) is 19.0. The van der Waals surface area contributed by atoms with E-state index in [0.717, 1.165) is 48.5 Å². The minimum Gasteiger partial charge on any atom is -0.388 e. The molecule has 150 valence electrons. The second kappa shape index (κ2) is 7.90. The van der Waals surface area contributed by atoms with Gasteiger partial charge in [0.1, 0.15) is 0 Å². The Labute approximate surface area is 167 Å². The van der Waals surface area contributed by atoms with Gasteiger partial charge in [-0.3, -0.25) is 0 Å². The van der Waals surface area contributed by atoms with Crippen molar-refractivity contribution >= 4 is 0 Å². The second-order valence-corrected chi connectivity index (χ2v) is 10.6. The van der Waals surface area contributed by atoms with Gasteiger partial charge in [0.15, 0.2) is 0 Å². The predicted octanol–water partition coefficient (Wildman–Crippen LogP) is 6.98. The highest BCUT2D eigenvalue weighted by Gasteiger charge is 2.61. The van der Waals surface area contributed by atoms with Gasteiger partial charge in [0, 0.05) is 0 Å². The van der Waals surface area contributed by atoms with Crippen molar-refractivity contribution < 1.29 is 5.11 Å². The largest absolute Gasteiger partial charge is 0.388 e. The van der Waals surface area contributed by atoms with Crippen molar-refractivity contribution in [3.63, 3.8) is 0 Å². The molecule has 1 nitrogen and oxygen atoms in total. The van der Waals surface area contributed by atoms with Gasteiger partial charge in [-0.1, -0.05) is 63.0 Å². The minimum absolute atomic E-state index is 0.310. The first-order valence-electron chi connectivity index (χ1n) is 11.7. The van der Waals surface area contributed by atoms with Crippen molar-refractivity contribution in [1.29, 1.82) is 0 Å². The molecule has 4 aliphatic rings. The van der Waals surface area contributed by atoms with Gasteiger partial charge in [0.2, 0.25) is 0 Å². The average Bonchev–Trinajstić information content (AvgIpc) is 2.92. The van der Waals surface area contributed by atoms with Crippen LogP contribution in [-0.2, 0) is 0 Å². The third kappa shape index (κ3) is 3.74. The third-order valence-electron chi connectivity index (χ3n) is 8.55. The monoisotopic (exact) mass is 368 g/mol. The summed E-state index contributed by atoms with van der Waals surface area (Å²) in [6.07, 6.45) is 20.4. The molecule has 0 aromatic rings. The topological polar surface area (TPSA) is 20.2 Å². The summed E-state index contributed by atoms with van der Waals surface area (Å²) in [6, 6.07) is 0. The van der Waals surface area contributed by atoms with Crippen molar-refractivity contribution in [2.24, 2.45) is 29.1 Å². The van der Waals surface area contributed by atoms with E-state index < -0.39 is 0 Å². The Morgan fingerprint density at radius 3 is 2.81 bits per heavy atom. The van der Waals surface area contributed by atoms with Crippen LogP contribution in [-0.4, -0.2) is 11.2 Å². The van der Waals surface area contributed by atoms with Crippen molar-refractivity contribution in [2.75, 3.05) is 0 Å². The highest BCUT2D eigenvalue weighted by molar-refractivity contribution is 5.29. The van der Waals surface area contributed by atoms with E-state index in [1.165, 1.54) is 63.4 Å². The van der Waals surface area contributed by atoms with E-state index in [4.69, 9.17) is 0 Å². The molecular formula is C26H40O. The molecule has 1 spiro atoms. The maximum Gasteiger partial charge on any atom is 0.0784 e. The summed E-state index contributed by atoms with van der Waals surface area (Å²) >= 11 is 0. The van der Waals surface area contributed by atoms with Gasteiger partial charge in [-0.05, 0) is 92.4 Å². The molecule has 0 heterocycles. The number of rotatable bonds is 5. The molecule has 0 amide bonds. The van der Waals surface area contributed by atoms with E-state index in [0.29, 0.717) is 5.41 Å². The molecule has 0 radical (unpaired) electrons. The molecule has 4 fully saturated rings. The summed E-state index contributed by atoms with van der Waals surface area (Å²) in [7, 11) is 0. The second-order valence-electron chi connectivity index (χ2n) is 10.6. The molecule has 0 aromatic heterocycles. The van der Waals surface area contributed by atoms with Crippen LogP contribution in [0.25, 0.3) is 0 Å². The molecule has 1 N–H and O–H groups in total. The first-order chi connectivity index (χ1) is 13.0. The smallest absolute Gasteiger partial charge is 0.0784 e. The van der Waals surface area contributed by atoms with Crippen molar-refractivity contribution in [3.05, 3.63) is 35.5 Å². The summed E-state index contributed by atoms with van der Waals surface area (Å²) in [6.45, 7) is 8.72. The van der Waals surface area contributed by atoms with Gasteiger partial charge >= 0.3 is 0 Å².